The van der Waals surface area contributed by atoms with Gasteiger partial charge in [0.15, 0.2) is 23.0 Å². The third-order valence-corrected chi connectivity index (χ3v) is 2.85. The van der Waals surface area contributed by atoms with E-state index in [1.54, 1.807) is 29.9 Å². The van der Waals surface area contributed by atoms with Gasteiger partial charge >= 0.3 is 0 Å². The molecule has 0 unspecified atom stereocenters. The maximum Gasteiger partial charge on any atom is 0.157 e. The number of rotatable bonds is 5. The Bertz CT molecular complexity index is 182. The molecule has 1 aliphatic rings. The van der Waals surface area contributed by atoms with Crippen molar-refractivity contribution in [3.05, 3.63) is 0 Å². The minimum atomic E-state index is 0.299. The molecule has 0 aromatic carbocycles. The molecule has 5 heteroatoms. The van der Waals surface area contributed by atoms with E-state index in [1.165, 1.54) is 0 Å². The maximum absolute atomic E-state index is 10.9. The number of halogens is 1. The molecular weight excluding hydrogens is 321 g/mol. The molecule has 0 spiro atoms. The minimum Gasteiger partial charge on any atom is -0.300 e. The lowest BCUT2D eigenvalue weighted by Gasteiger charge is -2.27. The van der Waals surface area contributed by atoms with Gasteiger partial charge in [-0.05, 0) is 38.5 Å². The summed E-state index contributed by atoms with van der Waals surface area (Å²) >= 11 is 1.67. The normalized spacial score (nSPS) is 24.5. The SMILES string of the molecule is CC.CC(=O)CC1CCC(NOOI)CC1. The first kappa shape index (κ1) is 16.3. The predicted molar refractivity (Wildman–Crippen MR) is 71.7 cm³/mol. The van der Waals surface area contributed by atoms with E-state index in [2.05, 4.69) is 13.7 Å². The largest absolute Gasteiger partial charge is 0.300 e. The zero-order valence-corrected chi connectivity index (χ0v) is 12.5. The predicted octanol–water partition coefficient (Wildman–Crippen LogP) is 3.35. The Kier molecular flexibility index (Phi) is 10.6. The molecule has 0 radical (unpaired) electrons. The lowest BCUT2D eigenvalue weighted by Crippen LogP contribution is -2.33. The zero-order chi connectivity index (χ0) is 12.4. The molecule has 0 amide bonds. The lowest BCUT2D eigenvalue weighted by atomic mass is 9.83. The average molecular weight is 343 g/mol. The van der Waals surface area contributed by atoms with Gasteiger partial charge in [-0.1, -0.05) is 13.8 Å². The number of ketones is 1. The van der Waals surface area contributed by atoms with Crippen molar-refractivity contribution in [2.45, 2.75) is 58.9 Å². The molecule has 1 saturated carbocycles. The number of hydroxylamine groups is 1. The molecule has 16 heavy (non-hydrogen) atoms. The second-order valence-corrected chi connectivity index (χ2v) is 4.25. The van der Waals surface area contributed by atoms with Crippen molar-refractivity contribution >= 4 is 28.8 Å². The standard InChI is InChI=1S/C9H16INO3.C2H6/c1-7(12)6-8-2-4-9(5-3-8)11-14-13-10;1-2/h8-9,11H,2-6H2,1H3;1-2H3. The van der Waals surface area contributed by atoms with E-state index in [0.717, 1.165) is 32.1 Å². The molecule has 96 valence electrons. The van der Waals surface area contributed by atoms with E-state index in [0.29, 0.717) is 17.7 Å². The van der Waals surface area contributed by atoms with Crippen LogP contribution < -0.4 is 5.48 Å². The first-order valence-corrected chi connectivity index (χ1v) is 6.79. The number of hydrogen-bond acceptors (Lipinski definition) is 4. The van der Waals surface area contributed by atoms with Gasteiger partial charge in [-0.2, -0.15) is 5.48 Å². The number of carbonyl (C=O) groups excluding carboxylic acids is 1. The Morgan fingerprint density at radius 3 is 2.31 bits per heavy atom. The van der Waals surface area contributed by atoms with E-state index in [1.807, 2.05) is 13.8 Å². The molecule has 1 N–H and O–H groups in total. The number of carbonyl (C=O) groups is 1. The zero-order valence-electron chi connectivity index (χ0n) is 10.3. The van der Waals surface area contributed by atoms with Crippen molar-refractivity contribution in [1.82, 2.24) is 5.48 Å². The fourth-order valence-corrected chi connectivity index (χ4v) is 2.08. The second kappa shape index (κ2) is 10.4. The highest BCUT2D eigenvalue weighted by Gasteiger charge is 2.22. The first-order valence-electron chi connectivity index (χ1n) is 5.91. The van der Waals surface area contributed by atoms with Crippen LogP contribution in [0, 0.1) is 5.92 Å². The van der Waals surface area contributed by atoms with E-state index >= 15 is 0 Å². The Hall–Kier alpha value is 0.280. The topological polar surface area (TPSA) is 47.6 Å². The average Bonchev–Trinajstić information content (AvgIpc) is 2.30. The van der Waals surface area contributed by atoms with Crippen molar-refractivity contribution in [1.29, 1.82) is 0 Å². The van der Waals surface area contributed by atoms with Gasteiger partial charge in [0.1, 0.15) is 5.78 Å². The third kappa shape index (κ3) is 7.54. The van der Waals surface area contributed by atoms with Crippen LogP contribution in [0.25, 0.3) is 0 Å². The van der Waals surface area contributed by atoms with Crippen LogP contribution in [0.15, 0.2) is 0 Å². The van der Waals surface area contributed by atoms with E-state index in [9.17, 15) is 4.79 Å². The van der Waals surface area contributed by atoms with Gasteiger partial charge in [0.05, 0.1) is 0 Å². The monoisotopic (exact) mass is 343 g/mol. The van der Waals surface area contributed by atoms with Crippen LogP contribution in [0.5, 0.6) is 0 Å². The van der Waals surface area contributed by atoms with Crippen LogP contribution in [0.4, 0.5) is 0 Å². The maximum atomic E-state index is 10.9. The smallest absolute Gasteiger partial charge is 0.157 e. The summed E-state index contributed by atoms with van der Waals surface area (Å²) in [5.74, 6) is 0.874. The van der Waals surface area contributed by atoms with Crippen LogP contribution in [0.2, 0.25) is 0 Å². The molecule has 0 aliphatic heterocycles. The first-order chi connectivity index (χ1) is 7.72. The number of Topliss-reactive ketones (excluding diaryl/α,β-unsaturated/α-hetero) is 1. The number of hydrogen-bond donors (Lipinski definition) is 1. The molecule has 1 fully saturated rings. The summed E-state index contributed by atoms with van der Waals surface area (Å²) in [6.07, 6.45) is 5.04. The highest BCUT2D eigenvalue weighted by molar-refractivity contribution is 14.1. The third-order valence-electron chi connectivity index (χ3n) is 2.67. The summed E-state index contributed by atoms with van der Waals surface area (Å²) in [5, 5.41) is 0. The van der Waals surface area contributed by atoms with Crippen molar-refractivity contribution in [2.24, 2.45) is 5.92 Å². The Balaban J connectivity index is 0.00000106. The molecule has 0 aromatic rings. The summed E-state index contributed by atoms with van der Waals surface area (Å²) in [4.78, 5) is 15.6. The van der Waals surface area contributed by atoms with Crippen LogP contribution in [0.3, 0.4) is 0 Å². The van der Waals surface area contributed by atoms with Crippen molar-refractivity contribution in [3.63, 3.8) is 0 Å². The van der Waals surface area contributed by atoms with Crippen molar-refractivity contribution in [2.75, 3.05) is 0 Å². The van der Waals surface area contributed by atoms with Gasteiger partial charge in [0.25, 0.3) is 0 Å². The molecule has 1 aliphatic carbocycles. The van der Waals surface area contributed by atoms with Crippen molar-refractivity contribution < 1.29 is 13.0 Å². The quantitative estimate of drug-likeness (QED) is 0.472. The van der Waals surface area contributed by atoms with Gasteiger partial charge in [-0.15, -0.1) is 8.21 Å². The van der Waals surface area contributed by atoms with Gasteiger partial charge in [-0.25, -0.2) is 0 Å². The molecule has 0 saturated heterocycles. The minimum absolute atomic E-state index is 0.299. The van der Waals surface area contributed by atoms with E-state index in [-0.39, 0.29) is 0 Å². The van der Waals surface area contributed by atoms with Crippen LogP contribution in [-0.2, 0) is 13.0 Å². The molecule has 0 aromatic heterocycles. The summed E-state index contributed by atoms with van der Waals surface area (Å²) in [6.45, 7) is 5.66. The Morgan fingerprint density at radius 2 is 1.88 bits per heavy atom. The van der Waals surface area contributed by atoms with Gasteiger partial charge in [0.2, 0.25) is 0 Å². The molecule has 1 rings (SSSR count). The second-order valence-electron chi connectivity index (χ2n) is 3.89. The fraction of sp³-hybridized carbons (Fsp3) is 0.909. The van der Waals surface area contributed by atoms with Gasteiger partial charge in [-0.3, -0.25) is 0 Å². The summed E-state index contributed by atoms with van der Waals surface area (Å²) in [5.41, 5.74) is 2.83. The highest BCUT2D eigenvalue weighted by atomic mass is 127. The molecule has 0 heterocycles. The van der Waals surface area contributed by atoms with Crippen LogP contribution in [0.1, 0.15) is 52.9 Å². The van der Waals surface area contributed by atoms with Gasteiger partial charge in [0, 0.05) is 12.5 Å². The molecule has 4 nitrogen and oxygen atoms in total. The summed E-state index contributed by atoms with van der Waals surface area (Å²) in [6, 6.07) is 0.368. The summed E-state index contributed by atoms with van der Waals surface area (Å²) < 4.78 is 4.44. The molecule has 0 atom stereocenters. The lowest BCUT2D eigenvalue weighted by molar-refractivity contribution is -0.235. The molecular formula is C11H22INO3. The Morgan fingerprint density at radius 1 is 1.31 bits per heavy atom. The highest BCUT2D eigenvalue weighted by Crippen LogP contribution is 2.26. The van der Waals surface area contributed by atoms with E-state index < -0.39 is 0 Å². The fourth-order valence-electron chi connectivity index (χ4n) is 1.98. The van der Waals surface area contributed by atoms with E-state index in [4.69, 9.17) is 0 Å². The van der Waals surface area contributed by atoms with Crippen molar-refractivity contribution in [3.8, 4) is 0 Å². The number of nitrogens with one attached hydrogen (secondary N) is 1. The van der Waals surface area contributed by atoms with Crippen LogP contribution in [-0.4, -0.2) is 11.8 Å². The Labute approximate surface area is 112 Å². The van der Waals surface area contributed by atoms with Crippen LogP contribution >= 0.6 is 23.0 Å². The van der Waals surface area contributed by atoms with Gasteiger partial charge < -0.3 is 4.79 Å². The summed E-state index contributed by atoms with van der Waals surface area (Å²) in [7, 11) is 0. The molecule has 0 bridgehead atoms.